The molecule has 1 N–H and O–H groups in total. The Morgan fingerprint density at radius 3 is 1.88 bits per heavy atom. The van der Waals surface area contributed by atoms with Crippen LogP contribution < -0.4 is 3.72 Å². The number of hydrogen-bond donors (Lipinski definition) is 1. The van der Waals surface area contributed by atoms with E-state index < -0.39 is 0 Å². The molecule has 1 amide bonds. The summed E-state index contributed by atoms with van der Waals surface area (Å²) >= 11 is 0.933. The molecule has 0 saturated carbocycles. The fourth-order valence-electron chi connectivity index (χ4n) is 0.168. The van der Waals surface area contributed by atoms with E-state index in [9.17, 15) is 4.79 Å². The van der Waals surface area contributed by atoms with Crippen LogP contribution in [0.4, 0.5) is 0 Å². The van der Waals surface area contributed by atoms with Gasteiger partial charge in [-0.2, -0.15) is 0 Å². The Bertz CT molecular complexity index is 95.1. The van der Waals surface area contributed by atoms with E-state index in [4.69, 9.17) is 0 Å². The third kappa shape index (κ3) is 2.50. The Morgan fingerprint density at radius 2 is 1.88 bits per heavy atom. The van der Waals surface area contributed by atoms with E-state index in [1.165, 1.54) is 0 Å². The number of rotatable bonds is 0. The zero-order valence-corrected chi connectivity index (χ0v) is 8.57. The second-order valence-electron chi connectivity index (χ2n) is 2.69. The molecule has 0 aliphatic heterocycles. The van der Waals surface area contributed by atoms with Crippen molar-refractivity contribution in [3.8, 4) is 0 Å². The third-order valence-corrected chi connectivity index (χ3v) is 1.51. The zero-order chi connectivity index (χ0) is 6.78. The van der Waals surface area contributed by atoms with Gasteiger partial charge in [-0.25, -0.2) is 0 Å². The van der Waals surface area contributed by atoms with E-state index in [1.807, 2.05) is 20.8 Å². The normalized spacial score (nSPS) is 10.9. The summed E-state index contributed by atoms with van der Waals surface area (Å²) in [5.74, 6) is 0.130. The molecule has 0 aliphatic rings. The van der Waals surface area contributed by atoms with Crippen LogP contribution in [0.15, 0.2) is 0 Å². The summed E-state index contributed by atoms with van der Waals surface area (Å²) < 4.78 is 2.68. The van der Waals surface area contributed by atoms with Gasteiger partial charge >= 0.3 is 61.9 Å². The van der Waals surface area contributed by atoms with Crippen LogP contribution in [0.2, 0.25) is 0 Å². The van der Waals surface area contributed by atoms with E-state index in [0.717, 1.165) is 21.3 Å². The molecular formula is C5H10NOTa. The van der Waals surface area contributed by atoms with Gasteiger partial charge in [-0.15, -0.1) is 0 Å². The first-order valence-electron chi connectivity index (χ1n) is 2.43. The predicted octanol–water partition coefficient (Wildman–Crippen LogP) is 0.611. The number of nitrogens with one attached hydrogen (secondary N) is 1. The molecule has 0 rings (SSSR count). The number of carbonyl (C=O) groups excluding carboxylic acids is 1. The number of hydrogen-bond acceptors (Lipinski definition) is 1. The Kier molecular flexibility index (Phi) is 2.74. The first-order chi connectivity index (χ1) is 3.48. The van der Waals surface area contributed by atoms with Gasteiger partial charge in [0.15, 0.2) is 0 Å². The van der Waals surface area contributed by atoms with E-state index in [2.05, 4.69) is 3.72 Å². The molecule has 0 fully saturated rings. The third-order valence-electron chi connectivity index (χ3n) is 0.783. The predicted molar refractivity (Wildman–Crippen MR) is 27.6 cm³/mol. The molecule has 8 heavy (non-hydrogen) atoms. The Hall–Kier alpha value is 0.210. The standard InChI is InChI=1S/C5H11NO.Ta/c1-5(2,3)4(6)7;/h1-3H3,(H2,6,7);/q;+1/p-1. The van der Waals surface area contributed by atoms with Gasteiger partial charge in [0.2, 0.25) is 0 Å². The molecule has 0 aromatic heterocycles. The molecule has 3 heteroatoms. The fraction of sp³-hybridized carbons (Fsp3) is 0.800. The fourth-order valence-corrected chi connectivity index (χ4v) is 1.37. The van der Waals surface area contributed by atoms with Crippen LogP contribution in [0.5, 0.6) is 0 Å². The zero-order valence-electron chi connectivity index (χ0n) is 5.36. The van der Waals surface area contributed by atoms with Crippen molar-refractivity contribution in [1.29, 1.82) is 0 Å². The molecule has 0 bridgehead atoms. The molecule has 0 radical (unpaired) electrons. The van der Waals surface area contributed by atoms with Crippen LogP contribution >= 0.6 is 0 Å². The van der Waals surface area contributed by atoms with Gasteiger partial charge in [0.25, 0.3) is 0 Å². The van der Waals surface area contributed by atoms with Crippen molar-refractivity contribution in [3.63, 3.8) is 0 Å². The van der Waals surface area contributed by atoms with Crippen molar-refractivity contribution in [2.24, 2.45) is 5.41 Å². The minimum atomic E-state index is -0.214. The summed E-state index contributed by atoms with van der Waals surface area (Å²) in [6.45, 7) is 5.70. The molecule has 0 aromatic rings. The van der Waals surface area contributed by atoms with Crippen LogP contribution in [-0.2, 0) is 26.1 Å². The SMILES string of the molecule is CC(C)(C)C(=O)[NH][Ta]. The van der Waals surface area contributed by atoms with E-state index in [-0.39, 0.29) is 11.3 Å². The maximum atomic E-state index is 10.8. The van der Waals surface area contributed by atoms with Crippen LogP contribution in [0.25, 0.3) is 0 Å². The summed E-state index contributed by atoms with van der Waals surface area (Å²) in [5.41, 5.74) is -0.214. The van der Waals surface area contributed by atoms with Gasteiger partial charge < -0.3 is 0 Å². The summed E-state index contributed by atoms with van der Waals surface area (Å²) in [7, 11) is 0. The molecule has 0 spiro atoms. The monoisotopic (exact) mass is 281 g/mol. The van der Waals surface area contributed by atoms with Crippen LogP contribution in [0.3, 0.4) is 0 Å². The van der Waals surface area contributed by atoms with E-state index in [1.54, 1.807) is 0 Å². The van der Waals surface area contributed by atoms with Crippen molar-refractivity contribution < 1.29 is 26.1 Å². The molecule has 0 heterocycles. The van der Waals surface area contributed by atoms with Crippen LogP contribution in [0, 0.1) is 5.41 Å². The number of carbonyl (C=O) groups is 1. The topological polar surface area (TPSA) is 29.1 Å². The molecule has 2 nitrogen and oxygen atoms in total. The second kappa shape index (κ2) is 2.67. The van der Waals surface area contributed by atoms with Crippen molar-refractivity contribution in [1.82, 2.24) is 3.72 Å². The van der Waals surface area contributed by atoms with Gasteiger partial charge in [-0.3, -0.25) is 0 Å². The van der Waals surface area contributed by atoms with E-state index >= 15 is 0 Å². The Balaban J connectivity index is 3.82. The van der Waals surface area contributed by atoms with Crippen LogP contribution in [0.1, 0.15) is 20.8 Å². The summed E-state index contributed by atoms with van der Waals surface area (Å²) in [6.07, 6.45) is 0. The molecule has 0 aromatic carbocycles. The molecular weight excluding hydrogens is 271 g/mol. The molecule has 46 valence electrons. The molecule has 0 saturated heterocycles. The number of amides is 1. The summed E-state index contributed by atoms with van der Waals surface area (Å²) in [5, 5.41) is 0. The van der Waals surface area contributed by atoms with Crippen LogP contribution in [-0.4, -0.2) is 5.91 Å². The van der Waals surface area contributed by atoms with Gasteiger partial charge in [0.1, 0.15) is 0 Å². The van der Waals surface area contributed by atoms with Gasteiger partial charge in [-0.05, 0) is 0 Å². The van der Waals surface area contributed by atoms with Crippen molar-refractivity contribution >= 4 is 5.91 Å². The van der Waals surface area contributed by atoms with Crippen molar-refractivity contribution in [3.05, 3.63) is 0 Å². The Labute approximate surface area is 62.3 Å². The quantitative estimate of drug-likeness (QED) is 0.692. The van der Waals surface area contributed by atoms with Gasteiger partial charge in [-0.1, -0.05) is 0 Å². The molecule has 0 unspecified atom stereocenters. The molecule has 0 aliphatic carbocycles. The first kappa shape index (κ1) is 8.21. The van der Waals surface area contributed by atoms with Crippen molar-refractivity contribution in [2.45, 2.75) is 20.8 Å². The maximum absolute atomic E-state index is 10.8. The summed E-state index contributed by atoms with van der Waals surface area (Å²) in [6, 6.07) is 0. The molecule has 0 atom stereocenters. The second-order valence-corrected chi connectivity index (χ2v) is 3.49. The summed E-state index contributed by atoms with van der Waals surface area (Å²) in [4.78, 5) is 10.8. The average molecular weight is 281 g/mol. The Morgan fingerprint density at radius 1 is 1.50 bits per heavy atom. The first-order valence-corrected chi connectivity index (χ1v) is 4.03. The van der Waals surface area contributed by atoms with Gasteiger partial charge in [0.05, 0.1) is 0 Å². The van der Waals surface area contributed by atoms with Crippen molar-refractivity contribution in [2.75, 3.05) is 0 Å². The van der Waals surface area contributed by atoms with Gasteiger partial charge in [0, 0.05) is 0 Å². The average Bonchev–Trinajstić information content (AvgIpc) is 1.62. The minimum absolute atomic E-state index is 0.130. The van der Waals surface area contributed by atoms with E-state index in [0.29, 0.717) is 0 Å².